The summed E-state index contributed by atoms with van der Waals surface area (Å²) in [5.74, 6) is 0.738. The summed E-state index contributed by atoms with van der Waals surface area (Å²) in [6, 6.07) is 0. The molecule has 0 unspecified atom stereocenters. The minimum Gasteiger partial charge on any atom is -0.820 e. The molecular formula is C8H17O3PSr. The first-order chi connectivity index (χ1) is 5.63. The van der Waals surface area contributed by atoms with Crippen molar-refractivity contribution in [2.45, 2.75) is 39.5 Å². The molecule has 0 aromatic heterocycles. The van der Waals surface area contributed by atoms with Gasteiger partial charge in [0, 0.05) is 6.61 Å². The van der Waals surface area contributed by atoms with Gasteiger partial charge in [0.25, 0.3) is 0 Å². The van der Waals surface area contributed by atoms with Gasteiger partial charge in [-0.05, 0) is 12.3 Å². The normalized spacial score (nSPS) is 10.6. The Hall–Kier alpha value is 1.79. The molecule has 0 radical (unpaired) electrons. The second-order valence-corrected chi connectivity index (χ2v) is 4.01. The molecule has 0 amide bonds. The first-order valence-corrected chi connectivity index (χ1v) is 5.49. The Kier molecular flexibility index (Phi) is 15.7. The second kappa shape index (κ2) is 11.9. The van der Waals surface area contributed by atoms with Crippen LogP contribution < -0.4 is 9.79 Å². The third kappa shape index (κ3) is 16.5. The average molecular weight is 280 g/mol. The number of rotatable bonds is 7. The molecule has 0 N–H and O–H groups in total. The van der Waals surface area contributed by atoms with E-state index in [1.807, 2.05) is 0 Å². The van der Waals surface area contributed by atoms with Crippen molar-refractivity contribution in [3.63, 3.8) is 0 Å². The topological polar surface area (TPSA) is 55.3 Å². The van der Waals surface area contributed by atoms with Crippen LogP contribution in [0, 0.1) is 5.92 Å². The van der Waals surface area contributed by atoms with Gasteiger partial charge in [-0.15, -0.1) is 0 Å². The molecule has 0 aromatic carbocycles. The van der Waals surface area contributed by atoms with E-state index in [0.29, 0.717) is 6.61 Å². The van der Waals surface area contributed by atoms with Crippen molar-refractivity contribution in [1.82, 2.24) is 0 Å². The monoisotopic (exact) mass is 280 g/mol. The van der Waals surface area contributed by atoms with E-state index in [9.17, 15) is 9.79 Å². The van der Waals surface area contributed by atoms with E-state index in [1.165, 1.54) is 6.42 Å². The van der Waals surface area contributed by atoms with Gasteiger partial charge in [-0.2, -0.15) is 8.60 Å². The Bertz CT molecular complexity index is 89.4. The molecule has 0 spiro atoms. The predicted molar refractivity (Wildman–Crippen MR) is 51.9 cm³/mol. The summed E-state index contributed by atoms with van der Waals surface area (Å²) in [7, 11) is -2.63. The zero-order valence-corrected chi connectivity index (χ0v) is 12.9. The quantitative estimate of drug-likeness (QED) is 0.393. The molecule has 0 aliphatic carbocycles. The fourth-order valence-corrected chi connectivity index (χ4v) is 1.25. The second-order valence-electron chi connectivity index (χ2n) is 3.30. The van der Waals surface area contributed by atoms with Crippen molar-refractivity contribution in [2.24, 2.45) is 5.92 Å². The first kappa shape index (κ1) is 17.2. The molecule has 74 valence electrons. The summed E-state index contributed by atoms with van der Waals surface area (Å²) in [6.45, 7) is 4.72. The van der Waals surface area contributed by atoms with Crippen LogP contribution in [-0.2, 0) is 4.52 Å². The van der Waals surface area contributed by atoms with Crippen LogP contribution in [0.15, 0.2) is 0 Å². The largest absolute Gasteiger partial charge is 2.00 e. The molecule has 0 bridgehead atoms. The number of hydrogen-bond acceptors (Lipinski definition) is 3. The third-order valence-corrected chi connectivity index (χ3v) is 2.02. The predicted octanol–water partition coefficient (Wildman–Crippen LogP) is 0.786. The first-order valence-electron chi connectivity index (χ1n) is 4.40. The minimum absolute atomic E-state index is 0. The van der Waals surface area contributed by atoms with E-state index in [0.717, 1.165) is 25.2 Å². The molecule has 0 fully saturated rings. The fraction of sp³-hybridized carbons (Fsp3) is 1.00. The molecule has 0 aromatic rings. The number of unbranched alkanes of at least 4 members (excludes halogenated alkanes) is 2. The van der Waals surface area contributed by atoms with Crippen molar-refractivity contribution in [1.29, 1.82) is 0 Å². The van der Waals surface area contributed by atoms with Gasteiger partial charge in [-0.3, -0.25) is 0 Å². The zero-order chi connectivity index (χ0) is 9.40. The van der Waals surface area contributed by atoms with Gasteiger partial charge < -0.3 is 14.3 Å². The summed E-state index contributed by atoms with van der Waals surface area (Å²) < 4.78 is 4.40. The van der Waals surface area contributed by atoms with Crippen LogP contribution in [0.3, 0.4) is 0 Å². The van der Waals surface area contributed by atoms with Crippen LogP contribution in [0.4, 0.5) is 0 Å². The van der Waals surface area contributed by atoms with Gasteiger partial charge in [-0.1, -0.05) is 33.1 Å². The molecule has 0 atom stereocenters. The Morgan fingerprint density at radius 1 is 1.15 bits per heavy atom. The van der Waals surface area contributed by atoms with Crippen molar-refractivity contribution in [3.05, 3.63) is 0 Å². The van der Waals surface area contributed by atoms with Crippen LogP contribution in [0.2, 0.25) is 0 Å². The fourth-order valence-electron chi connectivity index (χ4n) is 0.971. The van der Waals surface area contributed by atoms with Gasteiger partial charge in [0.2, 0.25) is 0 Å². The molecular weight excluding hydrogens is 263 g/mol. The van der Waals surface area contributed by atoms with Crippen molar-refractivity contribution < 1.29 is 14.3 Å². The Labute approximate surface area is 119 Å². The van der Waals surface area contributed by atoms with E-state index in [4.69, 9.17) is 0 Å². The number of hydrogen-bond donors (Lipinski definition) is 0. The summed E-state index contributed by atoms with van der Waals surface area (Å²) in [5, 5.41) is 0. The average Bonchev–Trinajstić information content (AvgIpc) is 1.95. The van der Waals surface area contributed by atoms with E-state index < -0.39 is 8.60 Å². The van der Waals surface area contributed by atoms with Crippen LogP contribution in [0.1, 0.15) is 39.5 Å². The smallest absolute Gasteiger partial charge is 0.820 e. The van der Waals surface area contributed by atoms with Crippen molar-refractivity contribution in [3.8, 4) is 0 Å². The van der Waals surface area contributed by atoms with E-state index in [2.05, 4.69) is 18.4 Å². The summed E-state index contributed by atoms with van der Waals surface area (Å²) in [5.41, 5.74) is 0. The maximum Gasteiger partial charge on any atom is 2.00 e. The molecule has 0 aliphatic heterocycles. The molecule has 0 saturated carbocycles. The minimum atomic E-state index is -2.63. The summed E-state index contributed by atoms with van der Waals surface area (Å²) in [6.07, 6.45) is 4.28. The Balaban J connectivity index is 0. The molecule has 3 nitrogen and oxygen atoms in total. The molecule has 0 saturated heterocycles. The van der Waals surface area contributed by atoms with Gasteiger partial charge in [0.05, 0.1) is 0 Å². The molecule has 0 heterocycles. The molecule has 0 aliphatic rings. The summed E-state index contributed by atoms with van der Waals surface area (Å²) in [4.78, 5) is 19.9. The van der Waals surface area contributed by atoms with Crippen molar-refractivity contribution >= 4 is 54.1 Å². The Morgan fingerprint density at radius 3 is 2.23 bits per heavy atom. The molecule has 0 rings (SSSR count). The van der Waals surface area contributed by atoms with Gasteiger partial charge in [0.15, 0.2) is 0 Å². The molecule has 13 heavy (non-hydrogen) atoms. The van der Waals surface area contributed by atoms with Gasteiger partial charge in [0.1, 0.15) is 0 Å². The third-order valence-electron chi connectivity index (χ3n) is 1.62. The SMILES string of the molecule is CC(C)CCCCCOP([O-])[O-].[Sr+2]. The standard InChI is InChI=1S/C8H17O3P.Sr/c1-8(2)6-4-3-5-7-11-12(9)10;/h8H,3-7H2,1-2H3;/q-2;+2. The van der Waals surface area contributed by atoms with E-state index >= 15 is 0 Å². The van der Waals surface area contributed by atoms with Gasteiger partial charge >= 0.3 is 45.5 Å². The van der Waals surface area contributed by atoms with Crippen LogP contribution >= 0.6 is 8.60 Å². The molecule has 5 heteroatoms. The maximum atomic E-state index is 9.96. The van der Waals surface area contributed by atoms with Crippen LogP contribution in [-0.4, -0.2) is 52.1 Å². The van der Waals surface area contributed by atoms with Crippen LogP contribution in [0.5, 0.6) is 0 Å². The Morgan fingerprint density at radius 2 is 1.77 bits per heavy atom. The van der Waals surface area contributed by atoms with E-state index in [1.54, 1.807) is 0 Å². The zero-order valence-electron chi connectivity index (χ0n) is 8.49. The van der Waals surface area contributed by atoms with Crippen molar-refractivity contribution in [2.75, 3.05) is 6.61 Å². The maximum absolute atomic E-state index is 9.96. The van der Waals surface area contributed by atoms with E-state index in [-0.39, 0.29) is 45.5 Å². The van der Waals surface area contributed by atoms with Gasteiger partial charge in [-0.25, -0.2) is 0 Å². The summed E-state index contributed by atoms with van der Waals surface area (Å²) >= 11 is 0. The van der Waals surface area contributed by atoms with Crippen LogP contribution in [0.25, 0.3) is 0 Å².